The monoisotopic (exact) mass is 634 g/mol. The van der Waals surface area contributed by atoms with Crippen molar-refractivity contribution in [3.05, 3.63) is 23.8 Å². The van der Waals surface area contributed by atoms with E-state index >= 15 is 0 Å². The molecule has 45 heavy (non-hydrogen) atoms. The van der Waals surface area contributed by atoms with E-state index in [1.807, 2.05) is 13.8 Å². The molecule has 258 valence electrons. The number of carbonyl (C=O) groups excluding carboxylic acids is 3. The molecule has 0 aromatic heterocycles. The maximum Gasteiger partial charge on any atom is 0.331 e. The molecule has 0 radical (unpaired) electrons. The van der Waals surface area contributed by atoms with Crippen molar-refractivity contribution < 1.29 is 33.8 Å². The summed E-state index contributed by atoms with van der Waals surface area (Å²) in [5.41, 5.74) is 0.0973. The van der Waals surface area contributed by atoms with Gasteiger partial charge in [0.1, 0.15) is 0 Å². The van der Waals surface area contributed by atoms with Crippen LogP contribution in [0.2, 0.25) is 0 Å². The van der Waals surface area contributed by atoms with E-state index in [1.54, 1.807) is 0 Å². The molecule has 0 aliphatic heterocycles. The summed E-state index contributed by atoms with van der Waals surface area (Å²) in [4.78, 5) is 48.6. The maximum absolute atomic E-state index is 12.7. The minimum Gasteiger partial charge on any atom is -0.478 e. The van der Waals surface area contributed by atoms with Crippen LogP contribution in [-0.4, -0.2) is 59.8 Å². The Kier molecular flexibility index (Phi) is 22.9. The smallest absolute Gasteiger partial charge is 0.331 e. The molecular formula is C36H62N2O7. The summed E-state index contributed by atoms with van der Waals surface area (Å²) in [6, 6.07) is -1.40. The molecule has 9 heteroatoms. The lowest BCUT2D eigenvalue weighted by molar-refractivity contribution is -0.138. The Morgan fingerprint density at radius 2 is 1.31 bits per heavy atom. The Labute approximate surface area is 272 Å². The van der Waals surface area contributed by atoms with Gasteiger partial charge in [-0.15, -0.1) is 0 Å². The van der Waals surface area contributed by atoms with Crippen molar-refractivity contribution in [2.45, 2.75) is 174 Å². The van der Waals surface area contributed by atoms with Crippen LogP contribution in [0.15, 0.2) is 23.8 Å². The predicted octanol–water partition coefficient (Wildman–Crippen LogP) is 7.33. The molecule has 1 rings (SSSR count). The summed E-state index contributed by atoms with van der Waals surface area (Å²) < 4.78 is 11.4. The van der Waals surface area contributed by atoms with Gasteiger partial charge in [-0.25, -0.2) is 9.59 Å². The van der Waals surface area contributed by atoms with Crippen molar-refractivity contribution in [3.8, 4) is 0 Å². The number of carboxylic acid groups (broad SMARTS) is 1. The molecule has 0 unspecified atom stereocenters. The average molecular weight is 635 g/mol. The molecule has 0 heterocycles. The van der Waals surface area contributed by atoms with Crippen molar-refractivity contribution in [3.63, 3.8) is 0 Å². The summed E-state index contributed by atoms with van der Waals surface area (Å²) in [5, 5.41) is 15.2. The molecule has 3 atom stereocenters. The van der Waals surface area contributed by atoms with E-state index in [1.165, 1.54) is 96.5 Å². The molecule has 1 aliphatic rings. The highest BCUT2D eigenvalue weighted by atomic mass is 16.5. The van der Waals surface area contributed by atoms with Crippen molar-refractivity contribution in [2.75, 3.05) is 6.61 Å². The highest BCUT2D eigenvalue weighted by molar-refractivity contribution is 5.95. The predicted molar refractivity (Wildman–Crippen MR) is 179 cm³/mol. The molecule has 0 bridgehead atoms. The van der Waals surface area contributed by atoms with Crippen LogP contribution in [0.1, 0.15) is 150 Å². The van der Waals surface area contributed by atoms with Gasteiger partial charge in [0.25, 0.3) is 0 Å². The summed E-state index contributed by atoms with van der Waals surface area (Å²) in [6.45, 7) is 7.86. The second kappa shape index (κ2) is 25.5. The first-order valence-electron chi connectivity index (χ1n) is 17.7. The number of nitrogens with one attached hydrogen (secondary N) is 2. The Morgan fingerprint density at radius 3 is 1.78 bits per heavy atom. The molecule has 0 aromatic rings. The average Bonchev–Trinajstić information content (AvgIpc) is 3.01. The number of esters is 1. The SMILES string of the molecule is CCCCCCCCCCCCCCCCCCOC(=O)/C=C/C(=O)N[C@H]1CC(C(=O)O)=C[C@H](OC(CC)CC)[C@@H]1NC(C)=O. The van der Waals surface area contributed by atoms with Crippen LogP contribution < -0.4 is 10.6 Å². The fourth-order valence-electron chi connectivity index (χ4n) is 5.75. The third kappa shape index (κ3) is 19.4. The number of hydrogen-bond acceptors (Lipinski definition) is 6. The third-order valence-corrected chi connectivity index (χ3v) is 8.44. The number of unbranched alkanes of at least 4 members (excludes halogenated alkanes) is 15. The number of carbonyl (C=O) groups is 4. The summed E-state index contributed by atoms with van der Waals surface area (Å²) in [6.07, 6.45) is 24.6. The van der Waals surface area contributed by atoms with Gasteiger partial charge < -0.3 is 25.2 Å². The first kappa shape index (κ1) is 40.3. The molecule has 3 N–H and O–H groups in total. The van der Waals surface area contributed by atoms with Crippen LogP contribution in [-0.2, 0) is 28.7 Å². The van der Waals surface area contributed by atoms with Gasteiger partial charge in [-0.1, -0.05) is 117 Å². The van der Waals surface area contributed by atoms with E-state index in [4.69, 9.17) is 9.47 Å². The largest absolute Gasteiger partial charge is 0.478 e. The van der Waals surface area contributed by atoms with Crippen molar-refractivity contribution in [1.82, 2.24) is 10.6 Å². The van der Waals surface area contributed by atoms with Crippen LogP contribution in [0.4, 0.5) is 0 Å². The Morgan fingerprint density at radius 1 is 0.800 bits per heavy atom. The highest BCUT2D eigenvalue weighted by Crippen LogP contribution is 2.25. The van der Waals surface area contributed by atoms with E-state index in [0.29, 0.717) is 6.61 Å². The quantitative estimate of drug-likeness (QED) is 0.0516. The molecule has 0 spiro atoms. The number of ether oxygens (including phenoxy) is 2. The van der Waals surface area contributed by atoms with E-state index in [2.05, 4.69) is 17.6 Å². The van der Waals surface area contributed by atoms with Crippen molar-refractivity contribution in [1.29, 1.82) is 0 Å². The number of rotatable bonds is 26. The van der Waals surface area contributed by atoms with E-state index in [9.17, 15) is 24.3 Å². The third-order valence-electron chi connectivity index (χ3n) is 8.44. The van der Waals surface area contributed by atoms with Gasteiger partial charge in [0, 0.05) is 31.1 Å². The first-order chi connectivity index (χ1) is 21.7. The number of carboxylic acids is 1. The highest BCUT2D eigenvalue weighted by Gasteiger charge is 2.38. The molecule has 2 amide bonds. The van der Waals surface area contributed by atoms with E-state index in [-0.39, 0.29) is 24.0 Å². The molecule has 0 fully saturated rings. The number of hydrogen-bond donors (Lipinski definition) is 3. The van der Waals surface area contributed by atoms with Crippen LogP contribution >= 0.6 is 0 Å². The molecule has 0 saturated heterocycles. The normalized spacial score (nSPS) is 18.2. The van der Waals surface area contributed by atoms with Crippen LogP contribution in [0.5, 0.6) is 0 Å². The van der Waals surface area contributed by atoms with Crippen molar-refractivity contribution in [2.24, 2.45) is 0 Å². The summed E-state index contributed by atoms with van der Waals surface area (Å²) in [5.74, 6) is -2.61. The molecule has 0 saturated carbocycles. The standard InChI is InChI=1S/C36H62N2O7/c1-5-8-9-10-11-12-13-14-15-16-17-18-19-20-21-22-25-44-34(41)24-23-33(40)38-31-26-29(36(42)43)27-32(35(31)37-28(4)39)45-30(6-2)7-3/h23-24,27,30-32,35H,5-22,25-26H2,1-4H3,(H,37,39)(H,38,40)(H,42,43)/b24-23+/t31-,32-,35+/m0/s1. The van der Waals surface area contributed by atoms with Gasteiger partial charge in [-0.2, -0.15) is 0 Å². The Hall–Kier alpha value is -2.68. The molecule has 1 aliphatic carbocycles. The fraction of sp³-hybridized carbons (Fsp3) is 0.778. The van der Waals surface area contributed by atoms with E-state index < -0.39 is 36.0 Å². The second-order valence-electron chi connectivity index (χ2n) is 12.4. The molecule has 0 aromatic carbocycles. The van der Waals surface area contributed by atoms with Crippen molar-refractivity contribution >= 4 is 23.8 Å². The van der Waals surface area contributed by atoms with Crippen LogP contribution in [0, 0.1) is 0 Å². The van der Waals surface area contributed by atoms with Gasteiger partial charge in [0.15, 0.2) is 0 Å². The van der Waals surface area contributed by atoms with Gasteiger partial charge >= 0.3 is 11.9 Å². The molecule has 9 nitrogen and oxygen atoms in total. The molecular weight excluding hydrogens is 572 g/mol. The zero-order valence-electron chi connectivity index (χ0n) is 28.6. The topological polar surface area (TPSA) is 131 Å². The lowest BCUT2D eigenvalue weighted by Gasteiger charge is -2.38. The summed E-state index contributed by atoms with van der Waals surface area (Å²) >= 11 is 0. The van der Waals surface area contributed by atoms with Gasteiger partial charge in [0.05, 0.1) is 30.9 Å². The first-order valence-corrected chi connectivity index (χ1v) is 17.7. The number of aliphatic carboxylic acids is 1. The second-order valence-corrected chi connectivity index (χ2v) is 12.4. The Bertz CT molecular complexity index is 913. The van der Waals surface area contributed by atoms with Crippen LogP contribution in [0.25, 0.3) is 0 Å². The fourth-order valence-corrected chi connectivity index (χ4v) is 5.75. The van der Waals surface area contributed by atoms with Gasteiger partial charge in [-0.3, -0.25) is 9.59 Å². The summed E-state index contributed by atoms with van der Waals surface area (Å²) in [7, 11) is 0. The minimum absolute atomic E-state index is 0.00629. The van der Waals surface area contributed by atoms with Gasteiger partial charge in [0.2, 0.25) is 11.8 Å². The van der Waals surface area contributed by atoms with E-state index in [0.717, 1.165) is 44.3 Å². The Balaban J connectivity index is 2.31. The lowest BCUT2D eigenvalue weighted by Crippen LogP contribution is -2.59. The minimum atomic E-state index is -1.11. The zero-order chi connectivity index (χ0) is 33.3. The number of amides is 2. The van der Waals surface area contributed by atoms with Crippen LogP contribution in [0.3, 0.4) is 0 Å². The lowest BCUT2D eigenvalue weighted by atomic mass is 9.87. The zero-order valence-corrected chi connectivity index (χ0v) is 28.6. The van der Waals surface area contributed by atoms with Gasteiger partial charge in [-0.05, 0) is 25.3 Å². The maximum atomic E-state index is 12.7.